The number of benzene rings is 1. The van der Waals surface area contributed by atoms with Crippen LogP contribution in [0, 0.1) is 0 Å². The molecule has 0 spiro atoms. The Kier molecular flexibility index (Phi) is 4.91. The molecule has 3 rings (SSSR count). The van der Waals surface area contributed by atoms with Crippen molar-refractivity contribution in [1.82, 2.24) is 9.97 Å². The van der Waals surface area contributed by atoms with Crippen LogP contribution in [0.15, 0.2) is 40.6 Å². The van der Waals surface area contributed by atoms with Gasteiger partial charge in [0.2, 0.25) is 0 Å². The number of aliphatic imine (C=N–C) groups is 2. The van der Waals surface area contributed by atoms with Crippen molar-refractivity contribution in [3.8, 4) is 11.5 Å². The summed E-state index contributed by atoms with van der Waals surface area (Å²) in [4.78, 5) is 16.3. The summed E-state index contributed by atoms with van der Waals surface area (Å²) >= 11 is 0. The molecule has 136 valence electrons. The molecular weight excluding hydrogens is 344 g/mol. The van der Waals surface area contributed by atoms with E-state index >= 15 is 0 Å². The first kappa shape index (κ1) is 17.9. The van der Waals surface area contributed by atoms with E-state index in [-0.39, 0.29) is 35.8 Å². The maximum absolute atomic E-state index is 9.87. The molecule has 0 saturated carbocycles. The van der Waals surface area contributed by atoms with E-state index in [4.69, 9.17) is 9.84 Å². The zero-order valence-electron chi connectivity index (χ0n) is 13.4. The Labute approximate surface area is 147 Å². The number of nitrogens with zero attached hydrogens (tertiary/aromatic N) is 4. The van der Waals surface area contributed by atoms with Gasteiger partial charge in [-0.3, -0.25) is 9.98 Å². The van der Waals surface area contributed by atoms with Crippen molar-refractivity contribution in [2.24, 2.45) is 9.98 Å². The number of aliphatic hydroxyl groups excluding tert-OH is 1. The van der Waals surface area contributed by atoms with Crippen LogP contribution in [-0.2, 0) is 12.6 Å². The van der Waals surface area contributed by atoms with Crippen molar-refractivity contribution >= 4 is 11.9 Å². The van der Waals surface area contributed by atoms with Gasteiger partial charge in [0.1, 0.15) is 12.4 Å². The van der Waals surface area contributed by atoms with E-state index in [1.54, 1.807) is 0 Å². The third-order valence-electron chi connectivity index (χ3n) is 3.59. The average molecular weight is 360 g/mol. The predicted molar refractivity (Wildman–Crippen MR) is 88.6 cm³/mol. The molecule has 2 aromatic rings. The van der Waals surface area contributed by atoms with Crippen molar-refractivity contribution in [3.63, 3.8) is 0 Å². The van der Waals surface area contributed by atoms with Crippen LogP contribution in [0.2, 0.25) is 0 Å². The molecule has 5 N–H and O–H groups in total. The lowest BCUT2D eigenvalue weighted by Crippen LogP contribution is -2.26. The van der Waals surface area contributed by atoms with E-state index in [0.717, 1.165) is 0 Å². The molecule has 0 amide bonds. The smallest absolute Gasteiger partial charge is 0.304 e. The van der Waals surface area contributed by atoms with Crippen molar-refractivity contribution in [1.29, 1.82) is 0 Å². The molecule has 1 unspecified atom stereocenters. The number of phenols is 1. The quantitative estimate of drug-likeness (QED) is 0.425. The fourth-order valence-corrected chi connectivity index (χ4v) is 2.32. The van der Waals surface area contributed by atoms with Crippen LogP contribution in [0.4, 0.5) is 0 Å². The molecule has 0 bridgehead atoms. The summed E-state index contributed by atoms with van der Waals surface area (Å²) in [6.07, 6.45) is 3.57. The summed E-state index contributed by atoms with van der Waals surface area (Å²) in [6.45, 7) is -0.477. The molecule has 0 aliphatic carbocycles. The van der Waals surface area contributed by atoms with Gasteiger partial charge >= 0.3 is 5.97 Å². The largest absolute Gasteiger partial charge is 0.508 e. The Morgan fingerprint density at radius 1 is 1.12 bits per heavy atom. The number of rotatable bonds is 6. The highest BCUT2D eigenvalue weighted by Gasteiger charge is 2.27. The lowest BCUT2D eigenvalue weighted by atomic mass is 10.1. The molecule has 1 aromatic heterocycles. The van der Waals surface area contributed by atoms with Gasteiger partial charge in [-0.2, -0.15) is 0 Å². The van der Waals surface area contributed by atoms with Gasteiger partial charge < -0.3 is 30.3 Å². The third-order valence-corrected chi connectivity index (χ3v) is 3.59. The Balaban J connectivity index is 1.72. The number of hydrogen-bond acceptors (Lipinski definition) is 10. The van der Waals surface area contributed by atoms with Crippen LogP contribution in [0.3, 0.4) is 0 Å². The fourth-order valence-electron chi connectivity index (χ4n) is 2.32. The summed E-state index contributed by atoms with van der Waals surface area (Å²) in [5.41, 5.74) is 0.134. The van der Waals surface area contributed by atoms with Gasteiger partial charge in [0.05, 0.1) is 30.3 Å². The van der Waals surface area contributed by atoms with E-state index in [0.29, 0.717) is 11.5 Å². The molecule has 0 saturated heterocycles. The summed E-state index contributed by atoms with van der Waals surface area (Å²) < 4.78 is 5.44. The first-order valence-corrected chi connectivity index (χ1v) is 7.52. The number of aromatic hydroxyl groups is 1. The highest BCUT2D eigenvalue weighted by Crippen LogP contribution is 2.28. The Bertz CT molecular complexity index is 845. The topological polar surface area (TPSA) is 161 Å². The fraction of sp³-hybridized carbons (Fsp3) is 0.250. The molecule has 1 aliphatic heterocycles. The Morgan fingerprint density at radius 2 is 1.85 bits per heavy atom. The van der Waals surface area contributed by atoms with Crippen LogP contribution in [0.5, 0.6) is 11.5 Å². The highest BCUT2D eigenvalue weighted by atomic mass is 16.7. The second kappa shape index (κ2) is 7.14. The lowest BCUT2D eigenvalue weighted by Gasteiger charge is -2.19. The highest BCUT2D eigenvalue weighted by molar-refractivity contribution is 6.32. The minimum Gasteiger partial charge on any atom is -0.508 e. The second-order valence-electron chi connectivity index (χ2n) is 5.43. The standard InChI is InChI=1S/C16H16N4O6/c21-7-9-4-17-15(20-9)14-18-5-10(6-19-14)26-8-11-12(16(23,24)25)2-1-3-13(11)22/h1-6,15,21-25H,7-8H2. The lowest BCUT2D eigenvalue weighted by molar-refractivity contribution is -0.324. The number of hydrogen-bond donors (Lipinski definition) is 5. The maximum atomic E-state index is 9.87. The number of ether oxygens (including phenoxy) is 1. The number of phenolic OH excluding ortho intramolecular Hbond substituents is 1. The molecular formula is C16H16N4O6. The zero-order chi connectivity index (χ0) is 18.7. The van der Waals surface area contributed by atoms with Gasteiger partial charge in [-0.15, -0.1) is 0 Å². The normalized spacial score (nSPS) is 16.6. The van der Waals surface area contributed by atoms with Crippen LogP contribution >= 0.6 is 0 Å². The summed E-state index contributed by atoms with van der Waals surface area (Å²) in [5, 5.41) is 47.0. The molecule has 1 aliphatic rings. The number of aliphatic hydroxyl groups is 4. The molecule has 1 aromatic carbocycles. The molecule has 10 heteroatoms. The molecule has 10 nitrogen and oxygen atoms in total. The molecule has 26 heavy (non-hydrogen) atoms. The van der Waals surface area contributed by atoms with Crippen LogP contribution < -0.4 is 4.74 Å². The monoisotopic (exact) mass is 360 g/mol. The maximum Gasteiger partial charge on any atom is 0.304 e. The third kappa shape index (κ3) is 3.83. The minimum atomic E-state index is -3.11. The minimum absolute atomic E-state index is 0.00153. The number of aromatic nitrogens is 2. The van der Waals surface area contributed by atoms with E-state index in [2.05, 4.69) is 20.0 Å². The van der Waals surface area contributed by atoms with Gasteiger partial charge in [0.25, 0.3) is 0 Å². The molecule has 1 atom stereocenters. The van der Waals surface area contributed by atoms with Crippen molar-refractivity contribution in [3.05, 3.63) is 47.5 Å². The Morgan fingerprint density at radius 3 is 2.46 bits per heavy atom. The predicted octanol–water partition coefficient (Wildman–Crippen LogP) is -0.635. The summed E-state index contributed by atoms with van der Waals surface area (Å²) in [7, 11) is 0. The van der Waals surface area contributed by atoms with Gasteiger partial charge in [0, 0.05) is 11.8 Å². The van der Waals surface area contributed by atoms with Crippen LogP contribution in [-0.4, -0.2) is 54.0 Å². The second-order valence-corrected chi connectivity index (χ2v) is 5.43. The summed E-state index contributed by atoms with van der Waals surface area (Å²) in [5.74, 6) is -2.82. The first-order valence-electron chi connectivity index (χ1n) is 7.52. The van der Waals surface area contributed by atoms with Crippen molar-refractivity contribution < 1.29 is 30.3 Å². The van der Waals surface area contributed by atoms with Crippen molar-refractivity contribution in [2.75, 3.05) is 6.61 Å². The SMILES string of the molecule is OCC1=NC(c2ncc(OCc3c(O)cccc3C(O)(O)O)cn2)N=C1. The van der Waals surface area contributed by atoms with Gasteiger partial charge in [-0.1, -0.05) is 12.1 Å². The average Bonchev–Trinajstić information content (AvgIpc) is 3.09. The Hall–Kier alpha value is -2.92. The van der Waals surface area contributed by atoms with Crippen molar-refractivity contribution in [2.45, 2.75) is 18.7 Å². The van der Waals surface area contributed by atoms with E-state index in [1.165, 1.54) is 36.8 Å². The summed E-state index contributed by atoms with van der Waals surface area (Å²) in [6, 6.07) is 3.92. The van der Waals surface area contributed by atoms with Crippen LogP contribution in [0.25, 0.3) is 0 Å². The molecule has 0 radical (unpaired) electrons. The molecule has 2 heterocycles. The van der Waals surface area contributed by atoms with E-state index in [9.17, 15) is 20.4 Å². The zero-order valence-corrected chi connectivity index (χ0v) is 13.4. The van der Waals surface area contributed by atoms with Crippen LogP contribution in [0.1, 0.15) is 23.1 Å². The molecule has 0 fully saturated rings. The van der Waals surface area contributed by atoms with Gasteiger partial charge in [0.15, 0.2) is 17.7 Å². The first-order chi connectivity index (χ1) is 12.4. The van der Waals surface area contributed by atoms with E-state index in [1.807, 2.05) is 0 Å². The van der Waals surface area contributed by atoms with E-state index < -0.39 is 12.1 Å². The van der Waals surface area contributed by atoms with Gasteiger partial charge in [-0.05, 0) is 6.07 Å². The van der Waals surface area contributed by atoms with Gasteiger partial charge in [-0.25, -0.2) is 9.97 Å².